The van der Waals surface area contributed by atoms with E-state index < -0.39 is 24.1 Å². The Morgan fingerprint density at radius 1 is 0.500 bits per heavy atom. The molecule has 0 spiro atoms. The molecule has 4 aromatic rings. The fourth-order valence-electron chi connectivity index (χ4n) is 3.90. The van der Waals surface area contributed by atoms with Gasteiger partial charge in [-0.25, -0.2) is 9.59 Å². The maximum atomic E-state index is 12.1. The zero-order valence-corrected chi connectivity index (χ0v) is 23.2. The first-order valence-corrected chi connectivity index (χ1v) is 13.3. The van der Waals surface area contributed by atoms with E-state index in [0.717, 1.165) is 47.5 Å². The lowest BCUT2D eigenvalue weighted by molar-refractivity contribution is 0.0127. The van der Waals surface area contributed by atoms with Gasteiger partial charge in [-0.15, -0.1) is 0 Å². The number of benzene rings is 4. The molecule has 0 amide bonds. The number of rotatable bonds is 13. The first-order chi connectivity index (χ1) is 21.0. The molecular formula is C32H30O12. The summed E-state index contributed by atoms with van der Waals surface area (Å²) in [6.45, 7) is -0.994. The molecule has 6 N–H and O–H groups in total. The van der Waals surface area contributed by atoms with Crippen LogP contribution < -0.4 is 9.47 Å². The molecule has 0 saturated heterocycles. The van der Waals surface area contributed by atoms with Crippen LogP contribution in [0.3, 0.4) is 0 Å². The standard InChI is InChI=1S/C32H30O12/c33-23-9-21(10-24(34)13-23)31(39)43-17-27(37)15-41-29-5-1-19(2-6-29)20-3-7-30(8-4-20)42-16-28(38)18-44-32(40)22-11-25(35)14-26(36)12-22/h1-14,27-28,33-38H,15-18H2. The zero-order valence-electron chi connectivity index (χ0n) is 23.2. The second kappa shape index (κ2) is 14.6. The lowest BCUT2D eigenvalue weighted by Crippen LogP contribution is -2.25. The van der Waals surface area contributed by atoms with Crippen LogP contribution in [0.25, 0.3) is 11.1 Å². The van der Waals surface area contributed by atoms with E-state index in [9.17, 15) is 40.2 Å². The third-order valence-corrected chi connectivity index (χ3v) is 6.02. The normalized spacial score (nSPS) is 12.1. The van der Waals surface area contributed by atoms with Gasteiger partial charge in [0.25, 0.3) is 0 Å². The molecule has 0 saturated carbocycles. The second-order valence-electron chi connectivity index (χ2n) is 9.65. The van der Waals surface area contributed by atoms with Gasteiger partial charge in [-0.3, -0.25) is 0 Å². The highest BCUT2D eigenvalue weighted by atomic mass is 16.6. The number of carbonyl (C=O) groups is 2. The number of esters is 2. The van der Waals surface area contributed by atoms with Crippen molar-refractivity contribution >= 4 is 11.9 Å². The number of carbonyl (C=O) groups excluding carboxylic acids is 2. The van der Waals surface area contributed by atoms with E-state index in [1.807, 2.05) is 24.3 Å². The Bertz CT molecular complexity index is 1410. The molecule has 0 aliphatic carbocycles. The van der Waals surface area contributed by atoms with Crippen LogP contribution in [0.1, 0.15) is 20.7 Å². The third kappa shape index (κ3) is 9.28. The fraction of sp³-hybridized carbons (Fsp3) is 0.188. The van der Waals surface area contributed by atoms with Gasteiger partial charge in [-0.1, -0.05) is 24.3 Å². The van der Waals surface area contributed by atoms with E-state index in [0.29, 0.717) is 11.5 Å². The SMILES string of the molecule is O=C(OCC(O)COc1ccc(-c2ccc(OCC(O)COC(=O)c3cc(O)cc(O)c3)cc2)cc1)c1cc(O)cc(O)c1. The van der Waals surface area contributed by atoms with Crippen LogP contribution in [0.5, 0.6) is 34.5 Å². The second-order valence-corrected chi connectivity index (χ2v) is 9.65. The number of aromatic hydroxyl groups is 4. The molecule has 0 radical (unpaired) electrons. The summed E-state index contributed by atoms with van der Waals surface area (Å²) in [4.78, 5) is 24.1. The highest BCUT2D eigenvalue weighted by Gasteiger charge is 2.15. The molecule has 0 aliphatic heterocycles. The van der Waals surface area contributed by atoms with Crippen LogP contribution in [0.15, 0.2) is 84.9 Å². The number of phenolic OH excluding ortho intramolecular Hbond substituents is 4. The van der Waals surface area contributed by atoms with E-state index in [1.165, 1.54) is 0 Å². The number of aliphatic hydroxyl groups is 2. The zero-order chi connectivity index (χ0) is 31.6. The Balaban J connectivity index is 1.18. The molecule has 44 heavy (non-hydrogen) atoms. The van der Waals surface area contributed by atoms with Gasteiger partial charge in [0.2, 0.25) is 0 Å². The fourth-order valence-corrected chi connectivity index (χ4v) is 3.90. The highest BCUT2D eigenvalue weighted by Crippen LogP contribution is 2.25. The summed E-state index contributed by atoms with van der Waals surface area (Å²) in [5.74, 6) is -1.85. The van der Waals surface area contributed by atoms with E-state index in [4.69, 9.17) is 18.9 Å². The van der Waals surface area contributed by atoms with Gasteiger partial charge in [-0.2, -0.15) is 0 Å². The van der Waals surface area contributed by atoms with Gasteiger partial charge in [0.05, 0.1) is 11.1 Å². The number of ether oxygens (including phenoxy) is 4. The van der Waals surface area contributed by atoms with Crippen LogP contribution in [-0.2, 0) is 9.47 Å². The summed E-state index contributed by atoms with van der Waals surface area (Å²) in [6.07, 6.45) is -2.23. The summed E-state index contributed by atoms with van der Waals surface area (Å²) in [7, 11) is 0. The number of phenols is 4. The Kier molecular flexibility index (Phi) is 10.5. The van der Waals surface area contributed by atoms with Gasteiger partial charge in [0, 0.05) is 12.1 Å². The maximum absolute atomic E-state index is 12.1. The predicted molar refractivity (Wildman–Crippen MR) is 155 cm³/mol. The lowest BCUT2D eigenvalue weighted by Gasteiger charge is -2.14. The van der Waals surface area contributed by atoms with Crippen molar-refractivity contribution in [3.8, 4) is 45.6 Å². The molecule has 4 rings (SSSR count). The van der Waals surface area contributed by atoms with Crippen molar-refractivity contribution in [1.29, 1.82) is 0 Å². The van der Waals surface area contributed by atoms with Gasteiger partial charge < -0.3 is 49.6 Å². The minimum absolute atomic E-state index is 0.0588. The molecule has 0 aromatic heterocycles. The largest absolute Gasteiger partial charge is 0.508 e. The van der Waals surface area contributed by atoms with E-state index in [2.05, 4.69) is 0 Å². The molecule has 2 unspecified atom stereocenters. The molecule has 2 atom stereocenters. The summed E-state index contributed by atoms with van der Waals surface area (Å²) < 4.78 is 21.1. The summed E-state index contributed by atoms with van der Waals surface area (Å²) >= 11 is 0. The number of aliphatic hydroxyl groups excluding tert-OH is 2. The van der Waals surface area contributed by atoms with Gasteiger partial charge in [-0.05, 0) is 59.7 Å². The van der Waals surface area contributed by atoms with E-state index in [-0.39, 0.29) is 60.6 Å². The smallest absolute Gasteiger partial charge is 0.338 e. The molecule has 4 aromatic carbocycles. The topological polar surface area (TPSA) is 192 Å². The van der Waals surface area contributed by atoms with Gasteiger partial charge in [0.1, 0.15) is 73.1 Å². The molecule has 0 aliphatic rings. The Morgan fingerprint density at radius 3 is 1.14 bits per heavy atom. The average molecular weight is 607 g/mol. The molecule has 0 heterocycles. The van der Waals surface area contributed by atoms with Crippen LogP contribution in [0.2, 0.25) is 0 Å². The monoisotopic (exact) mass is 606 g/mol. The maximum Gasteiger partial charge on any atom is 0.338 e. The summed E-state index contributed by atoms with van der Waals surface area (Å²) in [6, 6.07) is 20.8. The Labute approximate surface area is 251 Å². The lowest BCUT2D eigenvalue weighted by atomic mass is 10.1. The van der Waals surface area contributed by atoms with Crippen molar-refractivity contribution < 1.29 is 59.2 Å². The highest BCUT2D eigenvalue weighted by molar-refractivity contribution is 5.91. The van der Waals surface area contributed by atoms with Crippen molar-refractivity contribution in [2.45, 2.75) is 12.2 Å². The summed E-state index contributed by atoms with van der Waals surface area (Å²) in [5, 5.41) is 58.1. The van der Waals surface area contributed by atoms with Gasteiger partial charge >= 0.3 is 11.9 Å². The minimum atomic E-state index is -1.12. The predicted octanol–water partition coefficient (Wildman–Crippen LogP) is 3.37. The van der Waals surface area contributed by atoms with Crippen LogP contribution in [0, 0.1) is 0 Å². The quantitative estimate of drug-likeness (QED) is 0.122. The average Bonchev–Trinajstić information content (AvgIpc) is 3.00. The van der Waals surface area contributed by atoms with Gasteiger partial charge in [0.15, 0.2) is 0 Å². The van der Waals surface area contributed by atoms with Crippen molar-refractivity contribution in [1.82, 2.24) is 0 Å². The van der Waals surface area contributed by atoms with Crippen LogP contribution in [-0.4, -0.2) is 81.2 Å². The molecule has 0 fully saturated rings. The van der Waals surface area contributed by atoms with Crippen molar-refractivity contribution in [2.75, 3.05) is 26.4 Å². The number of hydrogen-bond donors (Lipinski definition) is 6. The summed E-state index contributed by atoms with van der Waals surface area (Å²) in [5.41, 5.74) is 1.63. The van der Waals surface area contributed by atoms with Crippen LogP contribution >= 0.6 is 0 Å². The molecule has 0 bridgehead atoms. The molecule has 12 heteroatoms. The number of hydrogen-bond acceptors (Lipinski definition) is 12. The third-order valence-electron chi connectivity index (χ3n) is 6.02. The Morgan fingerprint density at radius 2 is 0.818 bits per heavy atom. The molecule has 12 nitrogen and oxygen atoms in total. The molecular weight excluding hydrogens is 576 g/mol. The van der Waals surface area contributed by atoms with Crippen molar-refractivity contribution in [2.24, 2.45) is 0 Å². The first-order valence-electron chi connectivity index (χ1n) is 13.3. The van der Waals surface area contributed by atoms with E-state index >= 15 is 0 Å². The first kappa shape index (κ1) is 31.5. The van der Waals surface area contributed by atoms with Crippen molar-refractivity contribution in [3.63, 3.8) is 0 Å². The molecule has 230 valence electrons. The van der Waals surface area contributed by atoms with Crippen molar-refractivity contribution in [3.05, 3.63) is 96.1 Å². The van der Waals surface area contributed by atoms with E-state index in [1.54, 1.807) is 24.3 Å². The minimum Gasteiger partial charge on any atom is -0.508 e. The van der Waals surface area contributed by atoms with Crippen LogP contribution in [0.4, 0.5) is 0 Å². The Hall–Kier alpha value is -5.46.